The number of carbonyl (C=O) groups is 4. The number of aliphatic hydroxyl groups excluding tert-OH is 1. The highest BCUT2D eigenvalue weighted by atomic mass is 16.3. The number of carbonyl (C=O) groups excluding carboxylic acids is 4. The van der Waals surface area contributed by atoms with Gasteiger partial charge in [-0.3, -0.25) is 19.2 Å². The Morgan fingerprint density at radius 3 is 2.29 bits per heavy atom. The minimum Gasteiger partial charge on any atom is -0.505 e. The van der Waals surface area contributed by atoms with E-state index in [0.717, 1.165) is 5.56 Å². The van der Waals surface area contributed by atoms with Crippen molar-refractivity contribution in [2.45, 2.75) is 70.8 Å². The monoisotopic (exact) mass is 567 g/mol. The highest BCUT2D eigenvalue weighted by Crippen LogP contribution is 2.22. The van der Waals surface area contributed by atoms with E-state index in [9.17, 15) is 29.4 Å². The third-order valence-electron chi connectivity index (χ3n) is 7.75. The summed E-state index contributed by atoms with van der Waals surface area (Å²) in [5.74, 6) is -3.53. The first-order valence-electron chi connectivity index (χ1n) is 13.8. The van der Waals surface area contributed by atoms with Crippen molar-refractivity contribution in [1.82, 2.24) is 25.4 Å². The average molecular weight is 568 g/mol. The molecule has 3 rings (SSSR count). The van der Waals surface area contributed by atoms with E-state index < -0.39 is 59.8 Å². The maximum Gasteiger partial charge on any atom is 0.274 e. The third kappa shape index (κ3) is 7.40. The number of rotatable bonds is 6. The molecule has 1 aromatic heterocycles. The molecule has 0 aliphatic carbocycles. The summed E-state index contributed by atoms with van der Waals surface area (Å²) in [5.41, 5.74) is 0.555. The molecule has 0 saturated carbocycles. The van der Waals surface area contributed by atoms with Crippen LogP contribution in [0.4, 0.5) is 0 Å². The van der Waals surface area contributed by atoms with Gasteiger partial charge in [-0.1, -0.05) is 51.1 Å². The quantitative estimate of drug-likeness (QED) is 0.411. The number of hydrogen-bond donors (Lipinski definition) is 4. The molecule has 6 atom stereocenters. The zero-order chi connectivity index (χ0) is 30.4. The highest BCUT2D eigenvalue weighted by molar-refractivity contribution is 5.98. The maximum atomic E-state index is 13.8. The van der Waals surface area contributed by atoms with Gasteiger partial charge in [0.2, 0.25) is 17.7 Å². The molecule has 4 amide bonds. The predicted octanol–water partition coefficient (Wildman–Crippen LogP) is 1.34. The van der Waals surface area contributed by atoms with Gasteiger partial charge in [0.25, 0.3) is 5.91 Å². The molecule has 0 bridgehead atoms. The molecule has 1 unspecified atom stereocenters. The van der Waals surface area contributed by atoms with Crippen LogP contribution in [-0.2, 0) is 20.8 Å². The Hall–Kier alpha value is -3.99. The van der Waals surface area contributed by atoms with E-state index in [2.05, 4.69) is 15.6 Å². The first-order chi connectivity index (χ1) is 19.3. The number of aromatic hydroxyl groups is 1. The molecule has 2 heterocycles. The number of aromatic nitrogens is 1. The van der Waals surface area contributed by atoms with Crippen LogP contribution in [0.5, 0.6) is 5.75 Å². The van der Waals surface area contributed by atoms with Gasteiger partial charge in [0.05, 0.1) is 24.1 Å². The molecule has 4 N–H and O–H groups in total. The first kappa shape index (κ1) is 31.5. The second-order valence-corrected chi connectivity index (χ2v) is 11.2. The molecule has 1 aliphatic heterocycles. The molecule has 222 valence electrons. The Morgan fingerprint density at radius 2 is 1.68 bits per heavy atom. The van der Waals surface area contributed by atoms with Crippen molar-refractivity contribution in [3.63, 3.8) is 0 Å². The third-order valence-corrected chi connectivity index (χ3v) is 7.75. The molecule has 2 aromatic rings. The fourth-order valence-electron chi connectivity index (χ4n) is 5.08. The number of pyridine rings is 1. The standard InChI is InChI=1S/C30H41N5O6/c1-17(2)15-22-30(41)34(5)19(4)24(33-28(39)25-23(36)13-10-14-31-25)27(38)32-21(16-20-11-8-7-9-12-20)26(37)18(3)29(40)35(22)6/h7-14,17-19,21-22,24,26,36-37H,15-16H2,1-6H3,(H,32,38)(H,33,39)/t18-,19-,21+,22?,24+,26+/m1/s1. The van der Waals surface area contributed by atoms with Crippen molar-refractivity contribution in [2.75, 3.05) is 14.1 Å². The zero-order valence-electron chi connectivity index (χ0n) is 24.4. The lowest BCUT2D eigenvalue weighted by molar-refractivity contribution is -0.151. The van der Waals surface area contributed by atoms with Gasteiger partial charge >= 0.3 is 0 Å². The number of hydrogen-bond acceptors (Lipinski definition) is 7. The molecule has 41 heavy (non-hydrogen) atoms. The van der Waals surface area contributed by atoms with E-state index in [1.165, 1.54) is 35.2 Å². The number of benzene rings is 1. The Labute approximate surface area is 240 Å². The molecule has 0 radical (unpaired) electrons. The van der Waals surface area contributed by atoms with Crippen molar-refractivity contribution in [1.29, 1.82) is 0 Å². The van der Waals surface area contributed by atoms with Gasteiger partial charge in [0.15, 0.2) is 5.69 Å². The molecule has 1 aliphatic rings. The summed E-state index contributed by atoms with van der Waals surface area (Å²) < 4.78 is 0. The molecule has 1 fully saturated rings. The summed E-state index contributed by atoms with van der Waals surface area (Å²) in [6.07, 6.45) is 0.619. The smallest absolute Gasteiger partial charge is 0.274 e. The normalized spacial score (nSPS) is 26.3. The average Bonchev–Trinajstić information content (AvgIpc) is 2.95. The summed E-state index contributed by atoms with van der Waals surface area (Å²) in [6.45, 7) is 7.07. The largest absolute Gasteiger partial charge is 0.505 e. The maximum absolute atomic E-state index is 13.8. The van der Waals surface area contributed by atoms with Crippen LogP contribution in [0, 0.1) is 11.8 Å². The van der Waals surface area contributed by atoms with Gasteiger partial charge < -0.3 is 30.6 Å². The van der Waals surface area contributed by atoms with Crippen LogP contribution < -0.4 is 10.6 Å². The van der Waals surface area contributed by atoms with E-state index in [1.54, 1.807) is 20.9 Å². The zero-order valence-corrected chi connectivity index (χ0v) is 24.4. The second kappa shape index (κ2) is 13.6. The van der Waals surface area contributed by atoms with Gasteiger partial charge in [0, 0.05) is 20.3 Å². The summed E-state index contributed by atoms with van der Waals surface area (Å²) in [7, 11) is 3.07. The summed E-state index contributed by atoms with van der Waals surface area (Å²) in [6, 6.07) is 8.10. The molecule has 1 aromatic carbocycles. The minimum absolute atomic E-state index is 0.0628. The lowest BCUT2D eigenvalue weighted by atomic mass is 9.90. The number of aliphatic hydroxyl groups is 1. The molecule has 11 nitrogen and oxygen atoms in total. The van der Waals surface area contributed by atoms with E-state index >= 15 is 0 Å². The lowest BCUT2D eigenvalue weighted by Crippen LogP contribution is -2.64. The number of likely N-dealkylation sites (N-methyl/N-ethyl adjacent to an activating group) is 2. The molecule has 0 spiro atoms. The predicted molar refractivity (Wildman–Crippen MR) is 153 cm³/mol. The topological polar surface area (TPSA) is 152 Å². The van der Waals surface area contributed by atoms with E-state index in [1.807, 2.05) is 44.2 Å². The Morgan fingerprint density at radius 1 is 1.02 bits per heavy atom. The Kier molecular flexibility index (Phi) is 10.4. The van der Waals surface area contributed by atoms with Gasteiger partial charge in [0.1, 0.15) is 17.8 Å². The van der Waals surface area contributed by atoms with Crippen LogP contribution in [0.2, 0.25) is 0 Å². The molecular formula is C30H41N5O6. The van der Waals surface area contributed by atoms with Crippen molar-refractivity contribution >= 4 is 23.6 Å². The van der Waals surface area contributed by atoms with Crippen LogP contribution >= 0.6 is 0 Å². The van der Waals surface area contributed by atoms with Crippen LogP contribution in [-0.4, -0.2) is 93.0 Å². The Bertz CT molecular complexity index is 1240. The van der Waals surface area contributed by atoms with E-state index in [4.69, 9.17) is 0 Å². The number of nitrogens with one attached hydrogen (secondary N) is 2. The lowest BCUT2D eigenvalue weighted by Gasteiger charge is -2.40. The second-order valence-electron chi connectivity index (χ2n) is 11.2. The summed E-state index contributed by atoms with van der Waals surface area (Å²) >= 11 is 0. The van der Waals surface area contributed by atoms with Gasteiger partial charge in [-0.2, -0.15) is 0 Å². The van der Waals surface area contributed by atoms with Crippen LogP contribution in [0.15, 0.2) is 48.7 Å². The van der Waals surface area contributed by atoms with Gasteiger partial charge in [-0.25, -0.2) is 4.98 Å². The van der Waals surface area contributed by atoms with Gasteiger partial charge in [-0.15, -0.1) is 0 Å². The van der Waals surface area contributed by atoms with Crippen LogP contribution in [0.1, 0.15) is 50.2 Å². The van der Waals surface area contributed by atoms with E-state index in [0.29, 0.717) is 6.42 Å². The van der Waals surface area contributed by atoms with E-state index in [-0.39, 0.29) is 23.8 Å². The Balaban J connectivity index is 2.08. The molecule has 1 saturated heterocycles. The van der Waals surface area contributed by atoms with Crippen molar-refractivity contribution in [3.8, 4) is 5.75 Å². The molecular weight excluding hydrogens is 526 g/mol. The minimum atomic E-state index is -1.30. The number of nitrogens with zero attached hydrogens (tertiary/aromatic N) is 3. The van der Waals surface area contributed by atoms with Crippen molar-refractivity contribution in [3.05, 3.63) is 59.9 Å². The fourth-order valence-corrected chi connectivity index (χ4v) is 5.08. The summed E-state index contributed by atoms with van der Waals surface area (Å²) in [4.78, 5) is 61.0. The van der Waals surface area contributed by atoms with Crippen LogP contribution in [0.25, 0.3) is 0 Å². The SMILES string of the molecule is CC(C)CC1C(=O)N(C)[C@H](C)[C@H](NC(=O)c2ncccc2O)C(=O)N[C@@H](Cc2ccccc2)[C@@H](O)[C@@H](C)C(=O)N1C. The first-order valence-corrected chi connectivity index (χ1v) is 13.8. The van der Waals surface area contributed by atoms with Gasteiger partial charge in [-0.05, 0) is 43.4 Å². The summed E-state index contributed by atoms with van der Waals surface area (Å²) in [5, 5.41) is 27.1. The van der Waals surface area contributed by atoms with Crippen LogP contribution in [0.3, 0.4) is 0 Å². The van der Waals surface area contributed by atoms with Crippen molar-refractivity contribution in [2.24, 2.45) is 11.8 Å². The van der Waals surface area contributed by atoms with Crippen molar-refractivity contribution < 1.29 is 29.4 Å². The fraction of sp³-hybridized carbons (Fsp3) is 0.500. The number of amides is 4. The highest BCUT2D eigenvalue weighted by Gasteiger charge is 2.42. The molecule has 11 heteroatoms.